The van der Waals surface area contributed by atoms with E-state index in [-0.39, 0.29) is 30.2 Å². The zero-order valence-corrected chi connectivity index (χ0v) is 24.6. The Morgan fingerprint density at radius 1 is 1.17 bits per heavy atom. The van der Waals surface area contributed by atoms with Crippen LogP contribution in [-0.2, 0) is 19.1 Å². The Kier molecular flexibility index (Phi) is 8.35. The number of pyridine rings is 1. The van der Waals surface area contributed by atoms with Gasteiger partial charge < -0.3 is 9.84 Å². The number of carboxylic acid groups (broad SMARTS) is 1. The molecule has 1 aliphatic carbocycles. The summed E-state index contributed by atoms with van der Waals surface area (Å²) < 4.78 is 5.58. The molecule has 1 N–H and O–H groups in total. The Hall–Kier alpha value is -3.63. The third-order valence-electron chi connectivity index (χ3n) is 8.64. The van der Waals surface area contributed by atoms with E-state index in [1.807, 2.05) is 41.8 Å². The first-order chi connectivity index (χ1) is 20.4. The Labute approximate surface area is 249 Å². The molecule has 2 amide bonds. The molecule has 1 saturated carbocycles. The third-order valence-corrected chi connectivity index (χ3v) is 9.48. The van der Waals surface area contributed by atoms with Gasteiger partial charge in [0.2, 0.25) is 11.8 Å². The third kappa shape index (κ3) is 6.10. The molecule has 1 aromatic carbocycles. The minimum Gasteiger partial charge on any atom is -0.481 e. The molecule has 0 bridgehead atoms. The monoisotopic (exact) mass is 588 g/mol. The van der Waals surface area contributed by atoms with E-state index in [9.17, 15) is 19.5 Å². The molecule has 6 rings (SSSR count). The molecule has 220 valence electrons. The highest BCUT2D eigenvalue weighted by Gasteiger charge is 2.40. The van der Waals surface area contributed by atoms with Crippen LogP contribution < -0.4 is 9.80 Å². The number of hydrogen-bond donors (Lipinski definition) is 1. The summed E-state index contributed by atoms with van der Waals surface area (Å²) in [4.78, 5) is 51.0. The average molecular weight is 589 g/mol. The van der Waals surface area contributed by atoms with Gasteiger partial charge in [0, 0.05) is 60.8 Å². The Morgan fingerprint density at radius 2 is 1.98 bits per heavy atom. The number of carbonyl (C=O) groups excluding carboxylic acids is 2. The van der Waals surface area contributed by atoms with Crippen LogP contribution in [0.5, 0.6) is 0 Å². The highest BCUT2D eigenvalue weighted by atomic mass is 32.1. The first-order valence-electron chi connectivity index (χ1n) is 14.8. The van der Waals surface area contributed by atoms with Crippen LogP contribution in [0.4, 0.5) is 10.9 Å². The molecule has 9 nitrogen and oxygen atoms in total. The largest absolute Gasteiger partial charge is 0.481 e. The van der Waals surface area contributed by atoms with Gasteiger partial charge in [-0.3, -0.25) is 24.2 Å². The molecule has 2 aliphatic heterocycles. The Morgan fingerprint density at radius 3 is 2.64 bits per heavy atom. The van der Waals surface area contributed by atoms with Gasteiger partial charge in [-0.25, -0.2) is 9.97 Å². The fourth-order valence-corrected chi connectivity index (χ4v) is 7.03. The maximum atomic E-state index is 14.0. The second kappa shape index (κ2) is 12.3. The van der Waals surface area contributed by atoms with Crippen LogP contribution in [0.1, 0.15) is 51.9 Å². The van der Waals surface area contributed by atoms with Crippen LogP contribution in [0, 0.1) is 17.8 Å². The molecule has 2 unspecified atom stereocenters. The van der Waals surface area contributed by atoms with Crippen molar-refractivity contribution < 1.29 is 24.2 Å². The van der Waals surface area contributed by atoms with E-state index in [1.54, 1.807) is 16.0 Å². The van der Waals surface area contributed by atoms with Gasteiger partial charge in [0.15, 0.2) is 5.13 Å². The summed E-state index contributed by atoms with van der Waals surface area (Å²) >= 11 is 1.42. The smallest absolute Gasteiger partial charge is 0.304 e. The molecule has 2 saturated heterocycles. The maximum absolute atomic E-state index is 14.0. The fourth-order valence-electron chi connectivity index (χ4n) is 6.13. The average Bonchev–Trinajstić information content (AvgIpc) is 3.54. The lowest BCUT2D eigenvalue weighted by Gasteiger charge is -2.32. The van der Waals surface area contributed by atoms with Crippen molar-refractivity contribution in [3.8, 4) is 22.4 Å². The van der Waals surface area contributed by atoms with Crippen molar-refractivity contribution in [3.05, 3.63) is 48.0 Å². The molecule has 0 spiro atoms. The van der Waals surface area contributed by atoms with Crippen LogP contribution in [0.2, 0.25) is 0 Å². The van der Waals surface area contributed by atoms with Crippen LogP contribution in [0.15, 0.2) is 48.0 Å². The molecule has 0 radical (unpaired) electrons. The first kappa shape index (κ1) is 28.5. The van der Waals surface area contributed by atoms with Crippen LogP contribution >= 0.6 is 11.3 Å². The molecule has 3 aromatic rings. The number of anilines is 2. The van der Waals surface area contributed by atoms with Gasteiger partial charge in [-0.1, -0.05) is 31.2 Å². The van der Waals surface area contributed by atoms with Gasteiger partial charge in [0.25, 0.3) is 0 Å². The van der Waals surface area contributed by atoms with E-state index in [2.05, 4.69) is 11.9 Å². The molecular weight excluding hydrogens is 552 g/mol. The number of hydrogen-bond acceptors (Lipinski definition) is 7. The minimum atomic E-state index is -0.953. The number of carboxylic acids is 1. The summed E-state index contributed by atoms with van der Waals surface area (Å²) in [6.07, 6.45) is 6.20. The quantitative estimate of drug-likeness (QED) is 0.326. The number of rotatable bonds is 10. The predicted molar refractivity (Wildman–Crippen MR) is 161 cm³/mol. The summed E-state index contributed by atoms with van der Waals surface area (Å²) in [5.74, 6) is -0.363. The molecule has 3 atom stereocenters. The van der Waals surface area contributed by atoms with Crippen LogP contribution in [-0.4, -0.2) is 58.7 Å². The van der Waals surface area contributed by atoms with E-state index in [4.69, 9.17) is 9.72 Å². The Bertz CT molecular complexity index is 1450. The zero-order chi connectivity index (χ0) is 29.2. The Balaban J connectivity index is 1.26. The van der Waals surface area contributed by atoms with Gasteiger partial charge in [-0.05, 0) is 61.6 Å². The molecule has 3 fully saturated rings. The molecule has 4 heterocycles. The number of aliphatic carboxylic acids is 1. The summed E-state index contributed by atoms with van der Waals surface area (Å²) in [6.45, 7) is 4.11. The lowest BCUT2D eigenvalue weighted by Crippen LogP contribution is -2.40. The topological polar surface area (TPSA) is 113 Å². The molecule has 42 heavy (non-hydrogen) atoms. The number of nitrogens with zero attached hydrogens (tertiary/aromatic N) is 4. The van der Waals surface area contributed by atoms with Crippen LogP contribution in [0.3, 0.4) is 0 Å². The van der Waals surface area contributed by atoms with E-state index in [0.29, 0.717) is 49.5 Å². The number of aromatic nitrogens is 2. The molecule has 10 heteroatoms. The van der Waals surface area contributed by atoms with Crippen molar-refractivity contribution in [2.24, 2.45) is 17.8 Å². The van der Waals surface area contributed by atoms with Crippen molar-refractivity contribution in [1.29, 1.82) is 0 Å². The fraction of sp³-hybridized carbons (Fsp3) is 0.469. The lowest BCUT2D eigenvalue weighted by atomic mass is 9.81. The van der Waals surface area contributed by atoms with E-state index < -0.39 is 11.9 Å². The summed E-state index contributed by atoms with van der Waals surface area (Å²) in [7, 11) is 0. The summed E-state index contributed by atoms with van der Waals surface area (Å²) in [6, 6.07) is 11.9. The van der Waals surface area contributed by atoms with Gasteiger partial charge >= 0.3 is 5.97 Å². The van der Waals surface area contributed by atoms with Gasteiger partial charge in [0.05, 0.1) is 12.1 Å². The normalized spacial score (nSPS) is 21.4. The number of thiazole rings is 1. The van der Waals surface area contributed by atoms with E-state index >= 15 is 0 Å². The SMILES string of the molecule is C[C@@H]1COCCC1CC(CC(=O)O)C(=O)N(c1nc(-c2ccccc2-c2ccc(N3CCCC3=O)nc2)cs1)C1CC1. The molecule has 3 aliphatic rings. The second-order valence-corrected chi connectivity index (χ2v) is 12.5. The van der Waals surface area contributed by atoms with E-state index in [0.717, 1.165) is 48.1 Å². The number of carbonyl (C=O) groups is 3. The number of benzene rings is 1. The predicted octanol–water partition coefficient (Wildman–Crippen LogP) is 5.65. The molecular formula is C32H36N4O5S. The van der Waals surface area contributed by atoms with E-state index in [1.165, 1.54) is 11.3 Å². The summed E-state index contributed by atoms with van der Waals surface area (Å²) in [5, 5.41) is 12.3. The van der Waals surface area contributed by atoms with Gasteiger partial charge in [-0.2, -0.15) is 0 Å². The van der Waals surface area contributed by atoms with Crippen molar-refractivity contribution in [2.75, 3.05) is 29.6 Å². The standard InChI is InChI=1S/C32H36N4O5S/c1-20-18-41-14-12-21(20)15-23(16-30(38)39)31(40)36(24-9-10-24)32-34-27(19-42-32)26-6-3-2-5-25(26)22-8-11-28(33-17-22)35-13-4-7-29(35)37/h2-3,5-6,8,11,17,19-21,23-24H,4,7,9-10,12-16,18H2,1H3,(H,38,39)/t20-,21?,23?/m1/s1. The lowest BCUT2D eigenvalue weighted by molar-refractivity contribution is -0.141. The maximum Gasteiger partial charge on any atom is 0.304 e. The van der Waals surface area contributed by atoms with Crippen LogP contribution in [0.25, 0.3) is 22.4 Å². The highest BCUT2D eigenvalue weighted by Crippen LogP contribution is 2.40. The minimum absolute atomic E-state index is 0.0557. The molecule has 2 aromatic heterocycles. The van der Waals surface area contributed by atoms with Crippen molar-refractivity contribution >= 4 is 40.1 Å². The number of ether oxygens (including phenoxy) is 1. The first-order valence-corrected chi connectivity index (χ1v) is 15.7. The van der Waals surface area contributed by atoms with Crippen molar-refractivity contribution in [2.45, 2.75) is 57.9 Å². The number of amides is 2. The van der Waals surface area contributed by atoms with Crippen molar-refractivity contribution in [1.82, 2.24) is 9.97 Å². The highest BCUT2D eigenvalue weighted by molar-refractivity contribution is 7.14. The zero-order valence-electron chi connectivity index (χ0n) is 23.8. The van der Waals surface area contributed by atoms with Crippen molar-refractivity contribution in [3.63, 3.8) is 0 Å². The van der Waals surface area contributed by atoms with Gasteiger partial charge in [0.1, 0.15) is 5.82 Å². The summed E-state index contributed by atoms with van der Waals surface area (Å²) in [5.41, 5.74) is 3.56. The second-order valence-electron chi connectivity index (χ2n) is 11.7. The van der Waals surface area contributed by atoms with Gasteiger partial charge in [-0.15, -0.1) is 11.3 Å².